The van der Waals surface area contributed by atoms with Crippen LogP contribution in [0.2, 0.25) is 0 Å². The Hall–Kier alpha value is -0.280. The van der Waals surface area contributed by atoms with Crippen molar-refractivity contribution in [3.63, 3.8) is 0 Å². The fraction of sp³-hybridized carbons (Fsp3) is 0.875. The zero-order valence-corrected chi connectivity index (χ0v) is 7.90. The van der Waals surface area contributed by atoms with Crippen LogP contribution in [0.25, 0.3) is 0 Å². The van der Waals surface area contributed by atoms with Crippen molar-refractivity contribution >= 4 is 18.4 Å². The molecule has 1 aliphatic rings. The van der Waals surface area contributed by atoms with Gasteiger partial charge in [-0.3, -0.25) is 4.79 Å². The standard InChI is InChI=1S/C8H15NO2.ClH/c10-8(11)2-1-7-3-5-9-6-4-7;/h7,9H,1-6H2,(H,10,11);1H. The molecule has 3 nitrogen and oxygen atoms in total. The summed E-state index contributed by atoms with van der Waals surface area (Å²) >= 11 is 0. The SMILES string of the molecule is Cl.O=C(O)CCC1CCNCC1. The average Bonchev–Trinajstić information content (AvgIpc) is 2.03. The number of rotatable bonds is 3. The van der Waals surface area contributed by atoms with Crippen molar-refractivity contribution in [3.05, 3.63) is 0 Å². The summed E-state index contributed by atoms with van der Waals surface area (Å²) in [5.41, 5.74) is 0. The van der Waals surface area contributed by atoms with E-state index in [1.54, 1.807) is 0 Å². The number of piperidine rings is 1. The summed E-state index contributed by atoms with van der Waals surface area (Å²) in [7, 11) is 0. The molecular weight excluding hydrogens is 178 g/mol. The summed E-state index contributed by atoms with van der Waals surface area (Å²) in [6.07, 6.45) is 3.49. The Morgan fingerprint density at radius 1 is 1.42 bits per heavy atom. The molecule has 1 rings (SSSR count). The van der Waals surface area contributed by atoms with Gasteiger partial charge in [-0.2, -0.15) is 0 Å². The van der Waals surface area contributed by atoms with Gasteiger partial charge in [-0.25, -0.2) is 0 Å². The fourth-order valence-electron chi connectivity index (χ4n) is 1.50. The van der Waals surface area contributed by atoms with E-state index in [1.807, 2.05) is 0 Å². The molecule has 0 bridgehead atoms. The molecule has 1 fully saturated rings. The van der Waals surface area contributed by atoms with Gasteiger partial charge >= 0.3 is 5.97 Å². The summed E-state index contributed by atoms with van der Waals surface area (Å²) in [5.74, 6) is -0.0177. The third kappa shape index (κ3) is 4.57. The Morgan fingerprint density at radius 2 is 2.00 bits per heavy atom. The molecule has 12 heavy (non-hydrogen) atoms. The molecular formula is C8H16ClNO2. The number of aliphatic carboxylic acids is 1. The molecule has 0 atom stereocenters. The Kier molecular flexibility index (Phi) is 6.11. The average molecular weight is 194 g/mol. The second-order valence-electron chi connectivity index (χ2n) is 3.13. The summed E-state index contributed by atoms with van der Waals surface area (Å²) in [6, 6.07) is 0. The first-order valence-corrected chi connectivity index (χ1v) is 4.21. The van der Waals surface area contributed by atoms with Crippen LogP contribution in [0.1, 0.15) is 25.7 Å². The lowest BCUT2D eigenvalue weighted by Gasteiger charge is -2.21. The van der Waals surface area contributed by atoms with E-state index < -0.39 is 5.97 Å². The maximum Gasteiger partial charge on any atom is 0.303 e. The van der Waals surface area contributed by atoms with E-state index >= 15 is 0 Å². The molecule has 1 heterocycles. The van der Waals surface area contributed by atoms with Gasteiger partial charge in [-0.05, 0) is 38.3 Å². The summed E-state index contributed by atoms with van der Waals surface area (Å²) < 4.78 is 0. The van der Waals surface area contributed by atoms with E-state index in [2.05, 4.69) is 5.32 Å². The number of hydrogen-bond donors (Lipinski definition) is 2. The predicted octanol–water partition coefficient (Wildman–Crippen LogP) is 1.27. The Morgan fingerprint density at radius 3 is 2.50 bits per heavy atom. The van der Waals surface area contributed by atoms with Crippen LogP contribution < -0.4 is 5.32 Å². The Balaban J connectivity index is 0.00000121. The monoisotopic (exact) mass is 193 g/mol. The smallest absolute Gasteiger partial charge is 0.303 e. The van der Waals surface area contributed by atoms with Crippen LogP contribution in [0, 0.1) is 5.92 Å². The van der Waals surface area contributed by atoms with Gasteiger partial charge in [0.05, 0.1) is 0 Å². The van der Waals surface area contributed by atoms with Gasteiger partial charge < -0.3 is 10.4 Å². The highest BCUT2D eigenvalue weighted by Crippen LogP contribution is 2.17. The van der Waals surface area contributed by atoms with Crippen LogP contribution in [-0.2, 0) is 4.79 Å². The second-order valence-corrected chi connectivity index (χ2v) is 3.13. The third-order valence-electron chi connectivity index (χ3n) is 2.23. The minimum absolute atomic E-state index is 0. The van der Waals surface area contributed by atoms with Crippen LogP contribution in [0.3, 0.4) is 0 Å². The molecule has 72 valence electrons. The first kappa shape index (κ1) is 11.7. The Bertz CT molecular complexity index is 135. The van der Waals surface area contributed by atoms with Crippen LogP contribution in [0.5, 0.6) is 0 Å². The normalized spacial score (nSPS) is 18.3. The lowest BCUT2D eigenvalue weighted by Crippen LogP contribution is -2.27. The van der Waals surface area contributed by atoms with Gasteiger partial charge in [0, 0.05) is 6.42 Å². The lowest BCUT2D eigenvalue weighted by atomic mass is 9.93. The van der Waals surface area contributed by atoms with Gasteiger partial charge in [0.1, 0.15) is 0 Å². The number of carboxylic acids is 1. The summed E-state index contributed by atoms with van der Waals surface area (Å²) in [4.78, 5) is 10.2. The maximum atomic E-state index is 10.2. The number of carbonyl (C=O) groups is 1. The fourth-order valence-corrected chi connectivity index (χ4v) is 1.50. The van der Waals surface area contributed by atoms with Gasteiger partial charge in [-0.1, -0.05) is 0 Å². The molecule has 0 aromatic rings. The largest absolute Gasteiger partial charge is 0.481 e. The number of nitrogens with one attached hydrogen (secondary N) is 1. The first-order valence-electron chi connectivity index (χ1n) is 4.21. The van der Waals surface area contributed by atoms with Gasteiger partial charge in [-0.15, -0.1) is 12.4 Å². The van der Waals surface area contributed by atoms with Crippen molar-refractivity contribution < 1.29 is 9.90 Å². The topological polar surface area (TPSA) is 49.3 Å². The third-order valence-corrected chi connectivity index (χ3v) is 2.23. The van der Waals surface area contributed by atoms with Crippen molar-refractivity contribution in [2.75, 3.05) is 13.1 Å². The molecule has 0 spiro atoms. The zero-order chi connectivity index (χ0) is 8.10. The lowest BCUT2D eigenvalue weighted by molar-refractivity contribution is -0.137. The van der Waals surface area contributed by atoms with Gasteiger partial charge in [0.25, 0.3) is 0 Å². The van der Waals surface area contributed by atoms with Crippen molar-refractivity contribution in [2.45, 2.75) is 25.7 Å². The number of halogens is 1. The molecule has 0 aromatic carbocycles. The molecule has 1 saturated heterocycles. The van der Waals surface area contributed by atoms with E-state index in [9.17, 15) is 4.79 Å². The highest BCUT2D eigenvalue weighted by molar-refractivity contribution is 5.85. The van der Waals surface area contributed by atoms with Crippen molar-refractivity contribution in [2.24, 2.45) is 5.92 Å². The molecule has 1 aliphatic heterocycles. The number of hydrogen-bond acceptors (Lipinski definition) is 2. The quantitative estimate of drug-likeness (QED) is 0.710. The van der Waals surface area contributed by atoms with E-state index in [1.165, 1.54) is 0 Å². The van der Waals surface area contributed by atoms with E-state index in [0.717, 1.165) is 32.4 Å². The molecule has 0 unspecified atom stereocenters. The summed E-state index contributed by atoms with van der Waals surface area (Å²) in [6.45, 7) is 2.12. The highest BCUT2D eigenvalue weighted by Gasteiger charge is 2.13. The zero-order valence-electron chi connectivity index (χ0n) is 7.08. The minimum atomic E-state index is -0.663. The molecule has 0 aliphatic carbocycles. The Labute approximate surface area is 78.9 Å². The molecule has 0 aromatic heterocycles. The number of carboxylic acid groups (broad SMARTS) is 1. The first-order chi connectivity index (χ1) is 5.29. The van der Waals surface area contributed by atoms with Crippen molar-refractivity contribution in [1.82, 2.24) is 5.32 Å². The molecule has 4 heteroatoms. The van der Waals surface area contributed by atoms with E-state index in [-0.39, 0.29) is 12.4 Å². The second kappa shape index (κ2) is 6.26. The predicted molar refractivity (Wildman–Crippen MR) is 49.7 cm³/mol. The molecule has 2 N–H and O–H groups in total. The van der Waals surface area contributed by atoms with Crippen molar-refractivity contribution in [1.29, 1.82) is 0 Å². The maximum absolute atomic E-state index is 10.2. The van der Waals surface area contributed by atoms with Crippen LogP contribution >= 0.6 is 12.4 Å². The molecule has 0 amide bonds. The van der Waals surface area contributed by atoms with Crippen LogP contribution in [0.15, 0.2) is 0 Å². The van der Waals surface area contributed by atoms with Gasteiger partial charge in [0.15, 0.2) is 0 Å². The van der Waals surface area contributed by atoms with Crippen LogP contribution in [-0.4, -0.2) is 24.2 Å². The molecule has 0 saturated carbocycles. The molecule has 0 radical (unpaired) electrons. The van der Waals surface area contributed by atoms with Crippen LogP contribution in [0.4, 0.5) is 0 Å². The van der Waals surface area contributed by atoms with Gasteiger partial charge in [0.2, 0.25) is 0 Å². The van der Waals surface area contributed by atoms with E-state index in [0.29, 0.717) is 12.3 Å². The van der Waals surface area contributed by atoms with E-state index in [4.69, 9.17) is 5.11 Å². The highest BCUT2D eigenvalue weighted by atomic mass is 35.5. The van der Waals surface area contributed by atoms with Crippen molar-refractivity contribution in [3.8, 4) is 0 Å². The minimum Gasteiger partial charge on any atom is -0.481 e. The summed E-state index contributed by atoms with van der Waals surface area (Å²) in [5, 5.41) is 11.7.